The molecule has 0 amide bonds. The van der Waals surface area contributed by atoms with E-state index in [9.17, 15) is 8.42 Å². The third-order valence-electron chi connectivity index (χ3n) is 4.65. The third-order valence-corrected chi connectivity index (χ3v) is 5.51. The second kappa shape index (κ2) is 8.49. The zero-order valence-electron chi connectivity index (χ0n) is 16.0. The fraction of sp³-hybridized carbons (Fsp3) is 0.0417. The Kier molecular flexibility index (Phi) is 5.61. The van der Waals surface area contributed by atoms with E-state index < -0.39 is 10.1 Å². The lowest BCUT2D eigenvalue weighted by atomic mass is 10.0. The van der Waals surface area contributed by atoms with E-state index in [2.05, 4.69) is 4.99 Å². The number of hydrogen-bond acceptors (Lipinski definition) is 4. The van der Waals surface area contributed by atoms with Crippen molar-refractivity contribution in [2.75, 3.05) is 0 Å². The summed E-state index contributed by atoms with van der Waals surface area (Å²) in [6.07, 6.45) is 1.71. The van der Waals surface area contributed by atoms with Crippen LogP contribution in [-0.2, 0) is 16.7 Å². The van der Waals surface area contributed by atoms with Gasteiger partial charge in [-0.25, -0.2) is 0 Å². The van der Waals surface area contributed by atoms with E-state index in [4.69, 9.17) is 9.29 Å². The summed E-state index contributed by atoms with van der Waals surface area (Å²) in [4.78, 5) is 4.32. The molecule has 0 atom stereocenters. The highest BCUT2D eigenvalue weighted by Gasteiger charge is 2.09. The number of rotatable bonds is 6. The maximum Gasteiger partial charge on any atom is 0.294 e. The Morgan fingerprint density at radius 3 is 2.27 bits per heavy atom. The van der Waals surface area contributed by atoms with Gasteiger partial charge >= 0.3 is 0 Å². The van der Waals surface area contributed by atoms with E-state index in [1.807, 2.05) is 66.7 Å². The molecule has 0 radical (unpaired) electrons. The van der Waals surface area contributed by atoms with Crippen molar-refractivity contribution in [3.63, 3.8) is 0 Å². The average Bonchev–Trinajstić information content (AvgIpc) is 2.77. The van der Waals surface area contributed by atoms with Gasteiger partial charge in [-0.2, -0.15) is 8.42 Å². The molecule has 0 saturated heterocycles. The fourth-order valence-electron chi connectivity index (χ4n) is 3.11. The largest absolute Gasteiger partial charge is 0.488 e. The fourth-order valence-corrected chi connectivity index (χ4v) is 3.59. The maximum absolute atomic E-state index is 11.2. The number of hydrogen-bond donors (Lipinski definition) is 1. The van der Waals surface area contributed by atoms with E-state index in [0.29, 0.717) is 18.0 Å². The van der Waals surface area contributed by atoms with Crippen LogP contribution in [-0.4, -0.2) is 19.2 Å². The molecule has 0 aliphatic heterocycles. The highest BCUT2D eigenvalue weighted by Crippen LogP contribution is 2.28. The minimum absolute atomic E-state index is 0.168. The summed E-state index contributed by atoms with van der Waals surface area (Å²) in [5, 5.41) is 2.06. The molecule has 0 heterocycles. The topological polar surface area (TPSA) is 76.0 Å². The summed E-state index contributed by atoms with van der Waals surface area (Å²) in [7, 11) is -4.23. The van der Waals surface area contributed by atoms with Crippen molar-refractivity contribution < 1.29 is 17.7 Å². The molecule has 0 bridgehead atoms. The van der Waals surface area contributed by atoms with Gasteiger partial charge in [0.25, 0.3) is 10.1 Å². The molecule has 4 aromatic carbocycles. The van der Waals surface area contributed by atoms with Crippen molar-refractivity contribution in [1.82, 2.24) is 0 Å². The van der Waals surface area contributed by atoms with Gasteiger partial charge in [-0.15, -0.1) is 0 Å². The zero-order chi connectivity index (χ0) is 21.0. The van der Waals surface area contributed by atoms with Crippen LogP contribution in [0.15, 0.2) is 101 Å². The highest BCUT2D eigenvalue weighted by atomic mass is 32.2. The van der Waals surface area contributed by atoms with Gasteiger partial charge in [-0.3, -0.25) is 9.55 Å². The molecule has 150 valence electrons. The summed E-state index contributed by atoms with van der Waals surface area (Å²) in [6.45, 7) is 0.434. The van der Waals surface area contributed by atoms with Gasteiger partial charge in [0.1, 0.15) is 12.4 Å². The molecule has 1 N–H and O–H groups in total. The number of ether oxygens (including phenoxy) is 1. The van der Waals surface area contributed by atoms with Crippen LogP contribution in [0.3, 0.4) is 0 Å². The van der Waals surface area contributed by atoms with Crippen LogP contribution in [0.4, 0.5) is 5.69 Å². The van der Waals surface area contributed by atoms with Gasteiger partial charge in [-0.05, 0) is 46.7 Å². The van der Waals surface area contributed by atoms with E-state index in [-0.39, 0.29) is 4.90 Å². The Labute approximate surface area is 175 Å². The van der Waals surface area contributed by atoms with Crippen molar-refractivity contribution >= 4 is 32.8 Å². The molecule has 0 fully saturated rings. The standard InChI is InChI=1S/C24H19NO4S/c26-30(27,28)21-13-11-20(12-14-21)25-16-23-22-9-5-4-8-19(22)10-15-24(23)29-17-18-6-2-1-3-7-18/h1-16H,17H2,(H,26,27,28). The minimum atomic E-state index is -4.23. The predicted octanol–water partition coefficient (Wildman–Crippen LogP) is 5.42. The van der Waals surface area contributed by atoms with E-state index in [0.717, 1.165) is 21.9 Å². The Morgan fingerprint density at radius 1 is 0.833 bits per heavy atom. The van der Waals surface area contributed by atoms with Crippen LogP contribution >= 0.6 is 0 Å². The first-order valence-corrected chi connectivity index (χ1v) is 10.7. The molecule has 6 heteroatoms. The Morgan fingerprint density at radius 2 is 1.53 bits per heavy atom. The number of fused-ring (bicyclic) bond motifs is 1. The summed E-state index contributed by atoms with van der Waals surface area (Å²) in [5.41, 5.74) is 2.46. The summed E-state index contributed by atoms with van der Waals surface area (Å²) < 4.78 is 37.6. The molecular weight excluding hydrogens is 398 g/mol. The van der Waals surface area contributed by atoms with E-state index in [1.165, 1.54) is 24.3 Å². The number of nitrogens with zero attached hydrogens (tertiary/aromatic N) is 1. The van der Waals surface area contributed by atoms with Crippen molar-refractivity contribution in [1.29, 1.82) is 0 Å². The first kappa shape index (κ1) is 19.8. The van der Waals surface area contributed by atoms with Crippen molar-refractivity contribution in [2.24, 2.45) is 4.99 Å². The molecule has 0 aromatic heterocycles. The zero-order valence-corrected chi connectivity index (χ0v) is 16.8. The summed E-state index contributed by atoms with van der Waals surface area (Å²) in [5.74, 6) is 0.704. The van der Waals surface area contributed by atoms with Crippen LogP contribution in [0.25, 0.3) is 10.8 Å². The molecule has 0 spiro atoms. The van der Waals surface area contributed by atoms with Crippen LogP contribution in [0.5, 0.6) is 5.75 Å². The Hall–Kier alpha value is -3.48. The molecule has 30 heavy (non-hydrogen) atoms. The van der Waals surface area contributed by atoms with Gasteiger partial charge in [0.2, 0.25) is 0 Å². The molecular formula is C24H19NO4S. The van der Waals surface area contributed by atoms with Gasteiger partial charge < -0.3 is 4.74 Å². The van der Waals surface area contributed by atoms with Crippen LogP contribution in [0.1, 0.15) is 11.1 Å². The number of benzene rings is 4. The summed E-state index contributed by atoms with van der Waals surface area (Å²) in [6, 6.07) is 27.5. The van der Waals surface area contributed by atoms with Gasteiger partial charge in [0.15, 0.2) is 0 Å². The van der Waals surface area contributed by atoms with Crippen LogP contribution in [0.2, 0.25) is 0 Å². The van der Waals surface area contributed by atoms with Gasteiger partial charge in [0, 0.05) is 11.8 Å². The lowest BCUT2D eigenvalue weighted by Gasteiger charge is -2.12. The predicted molar refractivity (Wildman–Crippen MR) is 118 cm³/mol. The Balaban J connectivity index is 1.68. The highest BCUT2D eigenvalue weighted by molar-refractivity contribution is 7.85. The van der Waals surface area contributed by atoms with Crippen molar-refractivity contribution in [3.05, 3.63) is 102 Å². The SMILES string of the molecule is O=S(=O)(O)c1ccc(N=Cc2c(OCc3ccccc3)ccc3ccccc23)cc1. The minimum Gasteiger partial charge on any atom is -0.488 e. The van der Waals surface area contributed by atoms with Crippen molar-refractivity contribution in [3.8, 4) is 5.75 Å². The average molecular weight is 417 g/mol. The molecule has 0 aliphatic carbocycles. The monoisotopic (exact) mass is 417 g/mol. The smallest absolute Gasteiger partial charge is 0.294 e. The lowest BCUT2D eigenvalue weighted by Crippen LogP contribution is -1.99. The second-order valence-corrected chi connectivity index (χ2v) is 8.12. The molecule has 0 unspecified atom stereocenters. The van der Waals surface area contributed by atoms with Gasteiger partial charge in [0.05, 0.1) is 10.6 Å². The second-order valence-electron chi connectivity index (χ2n) is 6.70. The Bertz CT molecular complexity index is 1300. The van der Waals surface area contributed by atoms with E-state index >= 15 is 0 Å². The molecule has 4 rings (SSSR count). The lowest BCUT2D eigenvalue weighted by molar-refractivity contribution is 0.306. The molecule has 0 saturated carbocycles. The molecule has 4 aromatic rings. The third kappa shape index (κ3) is 4.56. The first-order valence-electron chi connectivity index (χ1n) is 9.31. The quantitative estimate of drug-likeness (QED) is 0.336. The summed E-state index contributed by atoms with van der Waals surface area (Å²) >= 11 is 0. The van der Waals surface area contributed by atoms with E-state index in [1.54, 1.807) is 6.21 Å². The normalized spacial score (nSPS) is 11.8. The van der Waals surface area contributed by atoms with Gasteiger partial charge in [-0.1, -0.05) is 60.7 Å². The molecule has 0 aliphatic rings. The first-order chi connectivity index (χ1) is 14.5. The van der Waals surface area contributed by atoms with Crippen LogP contribution in [0, 0.1) is 0 Å². The molecule has 5 nitrogen and oxygen atoms in total. The van der Waals surface area contributed by atoms with Crippen molar-refractivity contribution in [2.45, 2.75) is 11.5 Å². The maximum atomic E-state index is 11.2. The van der Waals surface area contributed by atoms with Crippen LogP contribution < -0.4 is 4.74 Å². The number of aliphatic imine (C=N–C) groups is 1.